The summed E-state index contributed by atoms with van der Waals surface area (Å²) in [6.45, 7) is 0. The van der Waals surface area contributed by atoms with Crippen LogP contribution in [-0.4, -0.2) is 16.1 Å². The van der Waals surface area contributed by atoms with Gasteiger partial charge in [0.05, 0.1) is 20.7 Å². The van der Waals surface area contributed by atoms with Crippen LogP contribution in [0.25, 0.3) is 10.2 Å². The number of hydrogen-bond donors (Lipinski definition) is 2. The molecule has 0 fully saturated rings. The van der Waals surface area contributed by atoms with Gasteiger partial charge in [-0.2, -0.15) is 0 Å². The number of anilines is 1. The first-order valence-electron chi connectivity index (χ1n) is 5.90. The summed E-state index contributed by atoms with van der Waals surface area (Å²) < 4.78 is 15.6. The van der Waals surface area contributed by atoms with Crippen molar-refractivity contribution in [2.75, 3.05) is 5.73 Å². The highest BCUT2D eigenvalue weighted by Gasteiger charge is 2.15. The summed E-state index contributed by atoms with van der Waals surface area (Å²) in [7, 11) is 0. The number of nitrogen functional groups attached to an aromatic ring is 1. The minimum absolute atomic E-state index is 0.0892. The van der Waals surface area contributed by atoms with Crippen LogP contribution in [-0.2, 0) is 0 Å². The first-order valence-corrected chi connectivity index (χ1v) is 7.53. The molecule has 2 aromatic carbocycles. The number of hydrogen-bond acceptors (Lipinski definition) is 5. The SMILES string of the molecule is Nc1cc(F)c(Sc2nc3ccccc3s2)cc1C(=O)O. The largest absolute Gasteiger partial charge is 0.478 e. The average molecular weight is 320 g/mol. The fraction of sp³-hybridized carbons (Fsp3) is 0. The average Bonchev–Trinajstić information content (AvgIpc) is 2.83. The lowest BCUT2D eigenvalue weighted by molar-refractivity contribution is 0.0697. The number of benzene rings is 2. The van der Waals surface area contributed by atoms with Crippen LogP contribution >= 0.6 is 23.1 Å². The third-order valence-corrected chi connectivity index (χ3v) is 4.94. The Balaban J connectivity index is 2.00. The molecule has 21 heavy (non-hydrogen) atoms. The fourth-order valence-electron chi connectivity index (χ4n) is 1.82. The van der Waals surface area contributed by atoms with Gasteiger partial charge in [0.1, 0.15) is 5.82 Å². The molecule has 3 rings (SSSR count). The van der Waals surface area contributed by atoms with E-state index < -0.39 is 11.8 Å². The lowest BCUT2D eigenvalue weighted by Crippen LogP contribution is -2.03. The number of fused-ring (bicyclic) bond motifs is 1. The number of nitrogens with two attached hydrogens (primary N) is 1. The van der Waals surface area contributed by atoms with Crippen LogP contribution in [0.4, 0.5) is 10.1 Å². The van der Waals surface area contributed by atoms with Crippen molar-refractivity contribution in [3.8, 4) is 0 Å². The predicted octanol–water partition coefficient (Wildman–Crippen LogP) is 3.87. The molecule has 0 aliphatic carbocycles. The normalized spacial score (nSPS) is 10.9. The van der Waals surface area contributed by atoms with E-state index in [1.807, 2.05) is 24.3 Å². The molecule has 0 atom stereocenters. The van der Waals surface area contributed by atoms with Gasteiger partial charge in [0.2, 0.25) is 0 Å². The van der Waals surface area contributed by atoms with Crippen LogP contribution < -0.4 is 5.73 Å². The molecule has 0 aliphatic rings. The van der Waals surface area contributed by atoms with E-state index in [4.69, 9.17) is 10.8 Å². The van der Waals surface area contributed by atoms with Gasteiger partial charge in [0.15, 0.2) is 4.34 Å². The monoisotopic (exact) mass is 320 g/mol. The second-order valence-electron chi connectivity index (χ2n) is 4.22. The van der Waals surface area contributed by atoms with Gasteiger partial charge in [-0.25, -0.2) is 14.2 Å². The fourth-order valence-corrected chi connectivity index (χ4v) is 3.89. The number of halogens is 1. The van der Waals surface area contributed by atoms with E-state index in [0.717, 1.165) is 28.0 Å². The quantitative estimate of drug-likeness (QED) is 0.717. The highest BCUT2D eigenvalue weighted by atomic mass is 32.2. The van der Waals surface area contributed by atoms with Crippen LogP contribution in [0.5, 0.6) is 0 Å². The van der Waals surface area contributed by atoms with Crippen molar-refractivity contribution in [2.24, 2.45) is 0 Å². The third kappa shape index (κ3) is 2.70. The molecule has 7 heteroatoms. The molecule has 4 nitrogen and oxygen atoms in total. The standard InChI is InChI=1S/C14H9FN2O2S2/c15-8-6-9(16)7(13(18)19)5-12(8)21-14-17-10-3-1-2-4-11(10)20-14/h1-6H,16H2,(H,18,19). The number of para-hydroxylation sites is 1. The first kappa shape index (κ1) is 13.8. The number of rotatable bonds is 3. The molecule has 3 N–H and O–H groups in total. The summed E-state index contributed by atoms with van der Waals surface area (Å²) in [6, 6.07) is 9.85. The van der Waals surface area contributed by atoms with Gasteiger partial charge < -0.3 is 10.8 Å². The number of nitrogens with zero attached hydrogens (tertiary/aromatic N) is 1. The number of carbonyl (C=O) groups is 1. The Morgan fingerprint density at radius 1 is 1.33 bits per heavy atom. The van der Waals surface area contributed by atoms with E-state index in [-0.39, 0.29) is 16.1 Å². The summed E-state index contributed by atoms with van der Waals surface area (Å²) in [5.41, 5.74) is 6.14. The van der Waals surface area contributed by atoms with Crippen molar-refractivity contribution in [3.05, 3.63) is 47.8 Å². The molecule has 106 valence electrons. The van der Waals surface area contributed by atoms with Crippen molar-refractivity contribution in [3.63, 3.8) is 0 Å². The van der Waals surface area contributed by atoms with E-state index in [9.17, 15) is 9.18 Å². The van der Waals surface area contributed by atoms with Crippen molar-refractivity contribution < 1.29 is 14.3 Å². The molecule has 0 bridgehead atoms. The second-order valence-corrected chi connectivity index (χ2v) is 6.54. The van der Waals surface area contributed by atoms with E-state index in [1.54, 1.807) is 0 Å². The van der Waals surface area contributed by atoms with Crippen molar-refractivity contribution in [1.82, 2.24) is 4.98 Å². The highest BCUT2D eigenvalue weighted by Crippen LogP contribution is 2.36. The summed E-state index contributed by atoms with van der Waals surface area (Å²) >= 11 is 2.52. The van der Waals surface area contributed by atoms with Gasteiger partial charge >= 0.3 is 5.97 Å². The third-order valence-electron chi connectivity index (χ3n) is 2.81. The summed E-state index contributed by atoms with van der Waals surface area (Å²) in [5, 5.41) is 9.04. The van der Waals surface area contributed by atoms with Gasteiger partial charge in [-0.15, -0.1) is 11.3 Å². The van der Waals surface area contributed by atoms with Crippen LogP contribution in [0.1, 0.15) is 10.4 Å². The van der Waals surface area contributed by atoms with Gasteiger partial charge in [0.25, 0.3) is 0 Å². The maximum absolute atomic E-state index is 13.9. The number of carboxylic acids is 1. The maximum atomic E-state index is 13.9. The molecule has 3 aromatic rings. The molecule has 0 aliphatic heterocycles. The molecule has 0 saturated heterocycles. The Kier molecular flexibility index (Phi) is 3.52. The molecule has 0 spiro atoms. The van der Waals surface area contributed by atoms with Gasteiger partial charge in [-0.3, -0.25) is 0 Å². The minimum atomic E-state index is -1.18. The topological polar surface area (TPSA) is 76.2 Å². The molecule has 1 aromatic heterocycles. The van der Waals surface area contributed by atoms with Gasteiger partial charge in [0, 0.05) is 5.69 Å². The van der Waals surface area contributed by atoms with E-state index in [0.29, 0.717) is 4.34 Å². The van der Waals surface area contributed by atoms with E-state index in [1.165, 1.54) is 17.4 Å². The second kappa shape index (κ2) is 5.34. The summed E-state index contributed by atoms with van der Waals surface area (Å²) in [4.78, 5) is 15.6. The van der Waals surface area contributed by atoms with Crippen LogP contribution in [0.3, 0.4) is 0 Å². The predicted molar refractivity (Wildman–Crippen MR) is 81.5 cm³/mol. The smallest absolute Gasteiger partial charge is 0.337 e. The Hall–Kier alpha value is -2.12. The Bertz CT molecular complexity index is 815. The number of thiazole rings is 1. The zero-order valence-corrected chi connectivity index (χ0v) is 12.2. The van der Waals surface area contributed by atoms with Crippen molar-refractivity contribution in [1.29, 1.82) is 0 Å². The molecule has 0 saturated carbocycles. The van der Waals surface area contributed by atoms with Gasteiger partial charge in [-0.05, 0) is 24.3 Å². The lowest BCUT2D eigenvalue weighted by atomic mass is 10.2. The lowest BCUT2D eigenvalue weighted by Gasteiger charge is -2.05. The summed E-state index contributed by atoms with van der Waals surface area (Å²) in [6.07, 6.45) is 0. The Labute approximate surface area is 127 Å². The zero-order chi connectivity index (χ0) is 15.0. The molecule has 0 unspecified atom stereocenters. The molecular weight excluding hydrogens is 311 g/mol. The molecule has 0 radical (unpaired) electrons. The van der Waals surface area contributed by atoms with E-state index >= 15 is 0 Å². The van der Waals surface area contributed by atoms with Crippen LogP contribution in [0.2, 0.25) is 0 Å². The highest BCUT2D eigenvalue weighted by molar-refractivity contribution is 8.01. The zero-order valence-electron chi connectivity index (χ0n) is 10.5. The Morgan fingerprint density at radius 2 is 2.10 bits per heavy atom. The van der Waals surface area contributed by atoms with Crippen LogP contribution in [0, 0.1) is 5.82 Å². The van der Waals surface area contributed by atoms with E-state index in [2.05, 4.69) is 4.98 Å². The first-order chi connectivity index (χ1) is 10.0. The Morgan fingerprint density at radius 3 is 2.81 bits per heavy atom. The number of carboxylic acid groups (broad SMARTS) is 1. The van der Waals surface area contributed by atoms with Crippen LogP contribution in [0.15, 0.2) is 45.6 Å². The maximum Gasteiger partial charge on any atom is 0.337 e. The number of aromatic carboxylic acids is 1. The molecular formula is C14H9FN2O2S2. The minimum Gasteiger partial charge on any atom is -0.478 e. The summed E-state index contributed by atoms with van der Waals surface area (Å²) in [5.74, 6) is -1.74. The van der Waals surface area contributed by atoms with Crippen molar-refractivity contribution in [2.45, 2.75) is 9.24 Å². The van der Waals surface area contributed by atoms with Gasteiger partial charge in [-0.1, -0.05) is 23.9 Å². The molecule has 0 amide bonds. The van der Waals surface area contributed by atoms with Crippen molar-refractivity contribution >= 4 is 45.0 Å². The molecule has 1 heterocycles. The number of aromatic nitrogens is 1.